The molecule has 2 saturated carbocycles. The van der Waals surface area contributed by atoms with E-state index in [1.165, 1.54) is 0 Å². The summed E-state index contributed by atoms with van der Waals surface area (Å²) in [5.41, 5.74) is -15.9. The average molecular weight is 516 g/mol. The number of ether oxygens (including phenoxy) is 2. The zero-order chi connectivity index (χ0) is 25.4. The molecule has 19 heteroatoms. The second-order valence-electron chi connectivity index (χ2n) is 7.20. The predicted molar refractivity (Wildman–Crippen MR) is 61.8 cm³/mol. The molecule has 1 aliphatic heterocycles. The molecular weight excluding hydrogens is 511 g/mol. The normalized spacial score (nSPS) is 43.2. The van der Waals surface area contributed by atoms with E-state index in [2.05, 4.69) is 9.47 Å². The van der Waals surface area contributed by atoms with Gasteiger partial charge >= 0.3 is 47.4 Å². The molecule has 0 aromatic carbocycles. The SMILES string of the molecule is FC1(F)C(F)(F)C(F)(F)C2(OCC3CO3)C(F)(F)C(F)(F)C(F)(F)C(F)(F)C2(F)C1(F)F. The van der Waals surface area contributed by atoms with Crippen LogP contribution in [0.4, 0.5) is 74.6 Å². The lowest BCUT2D eigenvalue weighted by Crippen LogP contribution is -3.00. The van der Waals surface area contributed by atoms with Gasteiger partial charge in [0, 0.05) is 0 Å². The Bertz CT molecular complexity index is 761. The zero-order valence-corrected chi connectivity index (χ0v) is 14.2. The predicted octanol–water partition coefficient (Wildman–Crippen LogP) is 4.96. The van der Waals surface area contributed by atoms with Gasteiger partial charge in [-0.3, -0.25) is 0 Å². The van der Waals surface area contributed by atoms with Crippen molar-refractivity contribution < 1.29 is 84.1 Å². The lowest BCUT2D eigenvalue weighted by Gasteiger charge is -2.65. The summed E-state index contributed by atoms with van der Waals surface area (Å²) < 4.78 is 246. The summed E-state index contributed by atoms with van der Waals surface area (Å²) in [5, 5.41) is 0. The van der Waals surface area contributed by atoms with Gasteiger partial charge in [0.1, 0.15) is 6.10 Å². The third kappa shape index (κ3) is 1.94. The molecule has 2 aliphatic carbocycles. The Morgan fingerprint density at radius 3 is 1.06 bits per heavy atom. The van der Waals surface area contributed by atoms with Crippen molar-refractivity contribution in [2.75, 3.05) is 13.2 Å². The van der Waals surface area contributed by atoms with E-state index in [4.69, 9.17) is 0 Å². The van der Waals surface area contributed by atoms with E-state index in [1.54, 1.807) is 0 Å². The Morgan fingerprint density at radius 1 is 0.500 bits per heavy atom. The molecule has 0 aromatic rings. The van der Waals surface area contributed by atoms with Gasteiger partial charge in [-0.25, -0.2) is 4.39 Å². The van der Waals surface area contributed by atoms with Crippen LogP contribution in [0, 0.1) is 0 Å². The summed E-state index contributed by atoms with van der Waals surface area (Å²) in [6, 6.07) is 0. The van der Waals surface area contributed by atoms with E-state index >= 15 is 4.39 Å². The number of fused-ring (bicyclic) bond motifs is 1. The van der Waals surface area contributed by atoms with Crippen LogP contribution >= 0.6 is 0 Å². The van der Waals surface area contributed by atoms with Gasteiger partial charge in [0.05, 0.1) is 13.2 Å². The Labute approximate surface area is 163 Å². The quantitative estimate of drug-likeness (QED) is 0.391. The molecule has 1 atom stereocenters. The molecule has 1 unspecified atom stereocenters. The Morgan fingerprint density at radius 2 is 0.781 bits per heavy atom. The summed E-state index contributed by atoms with van der Waals surface area (Å²) >= 11 is 0. The first kappa shape index (κ1) is 25.4. The molecule has 1 saturated heterocycles. The average Bonchev–Trinajstić information content (AvgIpc) is 3.42. The van der Waals surface area contributed by atoms with Crippen molar-refractivity contribution in [1.29, 1.82) is 0 Å². The van der Waals surface area contributed by atoms with Gasteiger partial charge in [-0.1, -0.05) is 0 Å². The van der Waals surface area contributed by atoms with Gasteiger partial charge in [-0.2, -0.15) is 70.2 Å². The standard InChI is InChI=1S/C13H5F17O2/c14-4-5(32-2-3-1-31-3,8(19,20)12(27,28)10(23,24)6(4,15)16)9(21,22)13(29,30)11(25,26)7(4,17)18/h3H,1-2H2. The molecule has 0 amide bonds. The van der Waals surface area contributed by atoms with E-state index < -0.39 is 78.0 Å². The molecule has 1 heterocycles. The minimum atomic E-state index is -8.26. The van der Waals surface area contributed by atoms with Gasteiger partial charge in [-0.15, -0.1) is 0 Å². The highest BCUT2D eigenvalue weighted by molar-refractivity contribution is 5.43. The molecule has 3 aliphatic rings. The van der Waals surface area contributed by atoms with Crippen molar-refractivity contribution in [2.45, 2.75) is 64.8 Å². The Hall–Kier alpha value is -1.27. The number of hydrogen-bond acceptors (Lipinski definition) is 2. The molecule has 0 bridgehead atoms. The van der Waals surface area contributed by atoms with Crippen LogP contribution < -0.4 is 0 Å². The van der Waals surface area contributed by atoms with Gasteiger partial charge in [0.2, 0.25) is 0 Å². The number of hydrogen-bond donors (Lipinski definition) is 0. The first-order valence-corrected chi connectivity index (χ1v) is 7.80. The van der Waals surface area contributed by atoms with Crippen LogP contribution in [0.1, 0.15) is 0 Å². The zero-order valence-electron chi connectivity index (χ0n) is 14.2. The molecule has 188 valence electrons. The smallest absolute Gasteiger partial charge is 0.371 e. The summed E-state index contributed by atoms with van der Waals surface area (Å²) in [7, 11) is 0. The molecule has 3 rings (SSSR count). The summed E-state index contributed by atoms with van der Waals surface area (Å²) in [6.45, 7) is -3.15. The highest BCUT2D eigenvalue weighted by atomic mass is 19.4. The molecule has 2 nitrogen and oxygen atoms in total. The van der Waals surface area contributed by atoms with Crippen LogP contribution in [0.2, 0.25) is 0 Å². The molecule has 0 radical (unpaired) electrons. The van der Waals surface area contributed by atoms with E-state index in [0.29, 0.717) is 0 Å². The maximum atomic E-state index is 15.1. The van der Waals surface area contributed by atoms with Crippen LogP contribution in [-0.2, 0) is 9.47 Å². The second kappa shape index (κ2) is 5.68. The highest BCUT2D eigenvalue weighted by Crippen LogP contribution is 2.80. The van der Waals surface area contributed by atoms with Gasteiger partial charge in [-0.05, 0) is 0 Å². The minimum absolute atomic E-state index is 0.821. The molecule has 0 aromatic heterocycles. The van der Waals surface area contributed by atoms with Gasteiger partial charge in [0.25, 0.3) is 11.3 Å². The maximum absolute atomic E-state index is 15.1. The van der Waals surface area contributed by atoms with Gasteiger partial charge in [0.15, 0.2) is 0 Å². The second-order valence-corrected chi connectivity index (χ2v) is 7.20. The van der Waals surface area contributed by atoms with E-state index in [0.717, 1.165) is 0 Å². The minimum Gasteiger partial charge on any atom is -0.371 e. The van der Waals surface area contributed by atoms with Crippen LogP contribution in [-0.4, -0.2) is 78.0 Å². The summed E-state index contributed by atoms with van der Waals surface area (Å²) in [6.07, 6.45) is -1.94. The molecule has 32 heavy (non-hydrogen) atoms. The number of rotatable bonds is 3. The third-order valence-electron chi connectivity index (χ3n) is 5.49. The number of halogens is 17. The topological polar surface area (TPSA) is 21.8 Å². The van der Waals surface area contributed by atoms with Crippen molar-refractivity contribution in [3.63, 3.8) is 0 Å². The van der Waals surface area contributed by atoms with Crippen LogP contribution in [0.15, 0.2) is 0 Å². The van der Waals surface area contributed by atoms with Crippen molar-refractivity contribution in [1.82, 2.24) is 0 Å². The molecular formula is C13H5F17O2. The third-order valence-corrected chi connectivity index (χ3v) is 5.49. The summed E-state index contributed by atoms with van der Waals surface area (Å²) in [4.78, 5) is 0. The molecule has 0 N–H and O–H groups in total. The fourth-order valence-corrected chi connectivity index (χ4v) is 3.60. The largest absolute Gasteiger partial charge is 0.382 e. The van der Waals surface area contributed by atoms with Crippen molar-refractivity contribution in [2.24, 2.45) is 0 Å². The lowest BCUT2D eigenvalue weighted by atomic mass is 9.53. The van der Waals surface area contributed by atoms with Crippen LogP contribution in [0.5, 0.6) is 0 Å². The summed E-state index contributed by atoms with van der Waals surface area (Å²) in [5.74, 6) is -64.9. The van der Waals surface area contributed by atoms with Crippen molar-refractivity contribution >= 4 is 0 Å². The molecule has 0 spiro atoms. The number of epoxide rings is 1. The van der Waals surface area contributed by atoms with Crippen LogP contribution in [0.25, 0.3) is 0 Å². The lowest BCUT2D eigenvalue weighted by molar-refractivity contribution is -0.575. The van der Waals surface area contributed by atoms with Crippen molar-refractivity contribution in [3.05, 3.63) is 0 Å². The molecule has 3 fully saturated rings. The Kier molecular flexibility index (Phi) is 4.50. The fraction of sp³-hybridized carbons (Fsp3) is 1.00. The van der Waals surface area contributed by atoms with E-state index in [-0.39, 0.29) is 0 Å². The van der Waals surface area contributed by atoms with Gasteiger partial charge < -0.3 is 9.47 Å². The Balaban J connectivity index is 2.58. The first-order chi connectivity index (χ1) is 13.8. The first-order valence-electron chi connectivity index (χ1n) is 7.80. The van der Waals surface area contributed by atoms with Crippen molar-refractivity contribution in [3.8, 4) is 0 Å². The highest BCUT2D eigenvalue weighted by Gasteiger charge is 3.14. The fourth-order valence-electron chi connectivity index (χ4n) is 3.60. The monoisotopic (exact) mass is 516 g/mol. The van der Waals surface area contributed by atoms with Crippen LogP contribution in [0.3, 0.4) is 0 Å². The van der Waals surface area contributed by atoms with E-state index in [9.17, 15) is 70.2 Å². The van der Waals surface area contributed by atoms with E-state index in [1.807, 2.05) is 0 Å². The number of alkyl halides is 17. The maximum Gasteiger partial charge on any atom is 0.382 e.